The van der Waals surface area contributed by atoms with Gasteiger partial charge in [0.15, 0.2) is 5.75 Å². The molecule has 7 heteroatoms. The highest BCUT2D eigenvalue weighted by Gasteiger charge is 2.18. The molecule has 1 aromatic rings. The normalized spacial score (nSPS) is 11.7. The molecule has 0 saturated heterocycles. The van der Waals surface area contributed by atoms with Gasteiger partial charge in [-0.1, -0.05) is 22.9 Å². The van der Waals surface area contributed by atoms with Crippen molar-refractivity contribution in [3.05, 3.63) is 33.9 Å². The third kappa shape index (κ3) is 3.69. The van der Waals surface area contributed by atoms with Gasteiger partial charge in [0.1, 0.15) is 0 Å². The average molecular weight is 317 g/mol. The van der Waals surface area contributed by atoms with Crippen LogP contribution >= 0.6 is 15.9 Å². The van der Waals surface area contributed by atoms with Crippen LogP contribution in [0.25, 0.3) is 0 Å². The molecule has 0 aliphatic rings. The van der Waals surface area contributed by atoms with Gasteiger partial charge in [-0.3, -0.25) is 14.9 Å². The second-order valence-electron chi connectivity index (χ2n) is 3.63. The monoisotopic (exact) mass is 316 g/mol. The molecule has 6 nitrogen and oxygen atoms in total. The van der Waals surface area contributed by atoms with Crippen LogP contribution in [0.2, 0.25) is 0 Å². The Morgan fingerprint density at radius 3 is 2.78 bits per heavy atom. The summed E-state index contributed by atoms with van der Waals surface area (Å²) in [6, 6.07) is 4.09. The summed E-state index contributed by atoms with van der Waals surface area (Å²) in [5.41, 5.74) is 0.00712. The van der Waals surface area contributed by atoms with Crippen molar-refractivity contribution in [2.45, 2.75) is 11.8 Å². The van der Waals surface area contributed by atoms with Gasteiger partial charge >= 0.3 is 5.69 Å². The Bertz CT molecular complexity index is 462. The maximum Gasteiger partial charge on any atom is 0.311 e. The molecule has 18 heavy (non-hydrogen) atoms. The van der Waals surface area contributed by atoms with Crippen LogP contribution in [-0.2, 0) is 0 Å². The molecule has 0 heterocycles. The lowest BCUT2D eigenvalue weighted by molar-refractivity contribution is -0.385. The number of rotatable bonds is 5. The third-order valence-corrected chi connectivity index (χ3v) is 2.51. The first-order valence-corrected chi connectivity index (χ1v) is 6.12. The SMILES string of the molecule is COc1ccc(C(=O)NCC(C)Br)cc1[N+](=O)[O-]. The molecule has 0 saturated carbocycles. The molecule has 1 rings (SSSR count). The number of carbonyl (C=O) groups excluding carboxylic acids is 1. The van der Waals surface area contributed by atoms with Crippen molar-refractivity contribution in [2.75, 3.05) is 13.7 Å². The van der Waals surface area contributed by atoms with Crippen LogP contribution in [-0.4, -0.2) is 29.3 Å². The van der Waals surface area contributed by atoms with E-state index in [1.54, 1.807) is 0 Å². The highest BCUT2D eigenvalue weighted by molar-refractivity contribution is 9.09. The summed E-state index contributed by atoms with van der Waals surface area (Å²) in [6.45, 7) is 2.33. The summed E-state index contributed by atoms with van der Waals surface area (Å²) in [5, 5.41) is 13.5. The van der Waals surface area contributed by atoms with E-state index in [0.29, 0.717) is 6.54 Å². The highest BCUT2D eigenvalue weighted by Crippen LogP contribution is 2.27. The van der Waals surface area contributed by atoms with Gasteiger partial charge in [0.2, 0.25) is 0 Å². The van der Waals surface area contributed by atoms with E-state index in [1.807, 2.05) is 6.92 Å². The summed E-state index contributed by atoms with van der Waals surface area (Å²) in [6.07, 6.45) is 0. The second kappa shape index (κ2) is 6.34. The van der Waals surface area contributed by atoms with Gasteiger partial charge in [0.05, 0.1) is 12.0 Å². The van der Waals surface area contributed by atoms with E-state index in [2.05, 4.69) is 21.2 Å². The zero-order chi connectivity index (χ0) is 13.7. The fourth-order valence-corrected chi connectivity index (χ4v) is 1.47. The van der Waals surface area contributed by atoms with Crippen LogP contribution in [0.1, 0.15) is 17.3 Å². The fraction of sp³-hybridized carbons (Fsp3) is 0.364. The topological polar surface area (TPSA) is 81.5 Å². The highest BCUT2D eigenvalue weighted by atomic mass is 79.9. The molecular formula is C11H13BrN2O4. The van der Waals surface area contributed by atoms with Gasteiger partial charge in [-0.05, 0) is 12.1 Å². The van der Waals surface area contributed by atoms with Crippen LogP contribution in [0.3, 0.4) is 0 Å². The molecule has 0 aromatic heterocycles. The van der Waals surface area contributed by atoms with Gasteiger partial charge in [0.25, 0.3) is 5.91 Å². The Labute approximate surface area is 113 Å². The number of nitro groups is 1. The van der Waals surface area contributed by atoms with Crippen LogP contribution < -0.4 is 10.1 Å². The van der Waals surface area contributed by atoms with Crippen molar-refractivity contribution in [1.29, 1.82) is 0 Å². The van der Waals surface area contributed by atoms with Crippen molar-refractivity contribution < 1.29 is 14.5 Å². The van der Waals surface area contributed by atoms with E-state index in [1.165, 1.54) is 25.3 Å². The summed E-state index contributed by atoms with van der Waals surface area (Å²) in [7, 11) is 1.34. The van der Waals surface area contributed by atoms with Crippen LogP contribution in [0.5, 0.6) is 5.75 Å². The Morgan fingerprint density at radius 2 is 2.28 bits per heavy atom. The molecule has 1 aromatic carbocycles. The predicted octanol–water partition coefficient (Wildman–Crippen LogP) is 2.12. The minimum Gasteiger partial charge on any atom is -0.490 e. The summed E-state index contributed by atoms with van der Waals surface area (Å²) in [4.78, 5) is 22.1. The number of nitrogens with one attached hydrogen (secondary N) is 1. The zero-order valence-electron chi connectivity index (χ0n) is 9.97. The molecule has 98 valence electrons. The number of hydrogen-bond donors (Lipinski definition) is 1. The van der Waals surface area contributed by atoms with Gasteiger partial charge in [-0.2, -0.15) is 0 Å². The Hall–Kier alpha value is -1.63. The number of alkyl halides is 1. The predicted molar refractivity (Wildman–Crippen MR) is 70.4 cm³/mol. The molecule has 0 aliphatic heterocycles. The Kier molecular flexibility index (Phi) is 5.08. The Balaban J connectivity index is 2.94. The van der Waals surface area contributed by atoms with Crippen molar-refractivity contribution in [2.24, 2.45) is 0 Å². The lowest BCUT2D eigenvalue weighted by Gasteiger charge is -2.07. The molecule has 1 N–H and O–H groups in total. The minimum absolute atomic E-state index is 0.130. The van der Waals surface area contributed by atoms with Gasteiger partial charge in [0, 0.05) is 23.0 Å². The zero-order valence-corrected chi connectivity index (χ0v) is 11.6. The number of ether oxygens (including phenoxy) is 1. The average Bonchev–Trinajstić information content (AvgIpc) is 2.34. The van der Waals surface area contributed by atoms with Gasteiger partial charge in [-0.25, -0.2) is 0 Å². The molecule has 0 fully saturated rings. The fourth-order valence-electron chi connectivity index (χ4n) is 1.31. The van der Waals surface area contributed by atoms with E-state index in [0.717, 1.165) is 0 Å². The quantitative estimate of drug-likeness (QED) is 0.512. The Morgan fingerprint density at radius 1 is 1.61 bits per heavy atom. The number of methoxy groups -OCH3 is 1. The van der Waals surface area contributed by atoms with Crippen molar-refractivity contribution in [3.63, 3.8) is 0 Å². The number of benzene rings is 1. The molecular weight excluding hydrogens is 304 g/mol. The van der Waals surface area contributed by atoms with Crippen LogP contribution in [0.15, 0.2) is 18.2 Å². The molecule has 0 spiro atoms. The van der Waals surface area contributed by atoms with E-state index in [-0.39, 0.29) is 27.7 Å². The maximum absolute atomic E-state index is 11.7. The summed E-state index contributed by atoms with van der Waals surface area (Å²) >= 11 is 3.29. The number of nitro benzene ring substituents is 1. The van der Waals surface area contributed by atoms with E-state index in [4.69, 9.17) is 4.74 Å². The number of amides is 1. The number of nitrogens with zero attached hydrogens (tertiary/aromatic N) is 1. The smallest absolute Gasteiger partial charge is 0.311 e. The van der Waals surface area contributed by atoms with Crippen molar-refractivity contribution in [3.8, 4) is 5.75 Å². The third-order valence-electron chi connectivity index (χ3n) is 2.18. The molecule has 1 atom stereocenters. The number of carbonyl (C=O) groups is 1. The first kappa shape index (κ1) is 14.4. The second-order valence-corrected chi connectivity index (χ2v) is 5.20. The summed E-state index contributed by atoms with van der Waals surface area (Å²) in [5.74, 6) is -0.225. The first-order valence-electron chi connectivity index (χ1n) is 5.20. The summed E-state index contributed by atoms with van der Waals surface area (Å²) < 4.78 is 4.86. The van der Waals surface area contributed by atoms with Crippen molar-refractivity contribution in [1.82, 2.24) is 5.32 Å². The molecule has 1 amide bonds. The molecule has 0 aliphatic carbocycles. The van der Waals surface area contributed by atoms with Crippen molar-refractivity contribution >= 4 is 27.5 Å². The van der Waals surface area contributed by atoms with Gasteiger partial charge < -0.3 is 10.1 Å². The van der Waals surface area contributed by atoms with E-state index in [9.17, 15) is 14.9 Å². The number of hydrogen-bond acceptors (Lipinski definition) is 4. The van der Waals surface area contributed by atoms with Crippen LogP contribution in [0, 0.1) is 10.1 Å². The molecule has 0 radical (unpaired) electrons. The molecule has 0 bridgehead atoms. The van der Waals surface area contributed by atoms with Gasteiger partial charge in [-0.15, -0.1) is 0 Å². The molecule has 1 unspecified atom stereocenters. The standard InChI is InChI=1S/C11H13BrN2O4/c1-7(12)6-13-11(15)8-3-4-10(18-2)9(5-8)14(16)17/h3-5,7H,6H2,1-2H3,(H,13,15). The lowest BCUT2D eigenvalue weighted by atomic mass is 10.1. The lowest BCUT2D eigenvalue weighted by Crippen LogP contribution is -2.28. The van der Waals surface area contributed by atoms with E-state index >= 15 is 0 Å². The minimum atomic E-state index is -0.581. The number of halogens is 1. The first-order chi connectivity index (χ1) is 8.45. The largest absolute Gasteiger partial charge is 0.490 e. The maximum atomic E-state index is 11.7. The van der Waals surface area contributed by atoms with E-state index < -0.39 is 4.92 Å². The van der Waals surface area contributed by atoms with Crippen LogP contribution in [0.4, 0.5) is 5.69 Å².